The number of aromatic nitrogens is 1. The number of nitrogens with zero attached hydrogens (tertiary/aromatic N) is 1. The van der Waals surface area contributed by atoms with Crippen molar-refractivity contribution in [3.05, 3.63) is 5.56 Å². The number of hydrogen-bond donors (Lipinski definition) is 3. The lowest BCUT2D eigenvalue weighted by molar-refractivity contribution is 0.0965. The Morgan fingerprint density at radius 3 is 2.87 bits per heavy atom. The predicted molar refractivity (Wildman–Crippen MR) is 61.1 cm³/mol. The van der Waals surface area contributed by atoms with Crippen molar-refractivity contribution in [2.45, 2.75) is 19.4 Å². The molecule has 1 aliphatic rings. The Bertz CT molecular complexity index is 389. The van der Waals surface area contributed by atoms with E-state index in [2.05, 4.69) is 21.9 Å². The quantitative estimate of drug-likeness (QED) is 0.715. The molecule has 0 aromatic carbocycles. The van der Waals surface area contributed by atoms with Crippen LogP contribution >= 0.6 is 11.5 Å². The molecule has 0 radical (unpaired) electrons. The Morgan fingerprint density at radius 1 is 1.67 bits per heavy atom. The van der Waals surface area contributed by atoms with Crippen LogP contribution in [0.5, 0.6) is 0 Å². The maximum Gasteiger partial charge on any atom is 0.257 e. The van der Waals surface area contributed by atoms with Gasteiger partial charge in [-0.15, -0.1) is 0 Å². The minimum absolute atomic E-state index is 0.183. The molecule has 1 aromatic rings. The lowest BCUT2D eigenvalue weighted by Gasteiger charge is -2.04. The van der Waals surface area contributed by atoms with E-state index in [1.807, 2.05) is 0 Å². The van der Waals surface area contributed by atoms with Crippen molar-refractivity contribution in [1.82, 2.24) is 9.69 Å². The Hall–Kier alpha value is -1.30. The zero-order chi connectivity index (χ0) is 11.0. The third-order valence-electron chi connectivity index (χ3n) is 2.60. The average Bonchev–Trinajstić information content (AvgIpc) is 2.77. The van der Waals surface area contributed by atoms with E-state index in [1.54, 1.807) is 7.05 Å². The first-order valence-electron chi connectivity index (χ1n) is 4.87. The lowest BCUT2D eigenvalue weighted by Crippen LogP contribution is -2.20. The van der Waals surface area contributed by atoms with Crippen molar-refractivity contribution >= 4 is 28.3 Å². The first kappa shape index (κ1) is 10.2. The summed E-state index contributed by atoms with van der Waals surface area (Å²) >= 11 is 1.24. The number of rotatable bonds is 3. The van der Waals surface area contributed by atoms with Crippen molar-refractivity contribution in [2.24, 2.45) is 5.92 Å². The minimum Gasteiger partial charge on any atom is -0.382 e. The van der Waals surface area contributed by atoms with Crippen LogP contribution in [0.25, 0.3) is 0 Å². The molecule has 15 heavy (non-hydrogen) atoms. The summed E-state index contributed by atoms with van der Waals surface area (Å²) in [7, 11) is 1.59. The molecule has 2 unspecified atom stereocenters. The maximum absolute atomic E-state index is 11.5. The molecule has 0 aliphatic heterocycles. The van der Waals surface area contributed by atoms with Gasteiger partial charge in [0.25, 0.3) is 5.91 Å². The standard InChI is InChI=1S/C9H14N4OS/c1-4-3-5(4)12-9-6(8(14)11-2)7(10)13-15-9/h4-5,12H,3H2,1-2H3,(H2,10,13)(H,11,14). The summed E-state index contributed by atoms with van der Waals surface area (Å²) in [6.07, 6.45) is 1.14. The van der Waals surface area contributed by atoms with E-state index in [0.29, 0.717) is 23.3 Å². The van der Waals surface area contributed by atoms with Crippen LogP contribution in [0.4, 0.5) is 10.8 Å². The van der Waals surface area contributed by atoms with Gasteiger partial charge in [0.15, 0.2) is 5.82 Å². The molecule has 1 heterocycles. The summed E-state index contributed by atoms with van der Waals surface area (Å²) in [5, 5.41) is 6.63. The van der Waals surface area contributed by atoms with Crippen molar-refractivity contribution in [2.75, 3.05) is 18.1 Å². The van der Waals surface area contributed by atoms with Crippen LogP contribution in [-0.2, 0) is 0 Å². The van der Waals surface area contributed by atoms with Gasteiger partial charge >= 0.3 is 0 Å². The Kier molecular flexibility index (Phi) is 2.52. The van der Waals surface area contributed by atoms with E-state index in [-0.39, 0.29) is 5.91 Å². The number of carbonyl (C=O) groups excluding carboxylic acids is 1. The van der Waals surface area contributed by atoms with Gasteiger partial charge < -0.3 is 16.4 Å². The monoisotopic (exact) mass is 226 g/mol. The second-order valence-corrected chi connectivity index (χ2v) is 4.59. The fourth-order valence-electron chi connectivity index (χ4n) is 1.44. The number of nitrogens with two attached hydrogens (primary N) is 1. The molecule has 82 valence electrons. The first-order valence-corrected chi connectivity index (χ1v) is 5.64. The van der Waals surface area contributed by atoms with Gasteiger partial charge in [0, 0.05) is 13.1 Å². The molecular weight excluding hydrogens is 212 g/mol. The molecule has 1 saturated carbocycles. The van der Waals surface area contributed by atoms with E-state index < -0.39 is 0 Å². The number of amides is 1. The molecule has 0 saturated heterocycles. The summed E-state index contributed by atoms with van der Waals surface area (Å²) in [4.78, 5) is 11.5. The van der Waals surface area contributed by atoms with Crippen molar-refractivity contribution in [3.8, 4) is 0 Å². The van der Waals surface area contributed by atoms with E-state index in [1.165, 1.54) is 11.5 Å². The lowest BCUT2D eigenvalue weighted by atomic mass is 10.3. The van der Waals surface area contributed by atoms with Gasteiger partial charge in [0.05, 0.1) is 0 Å². The highest BCUT2D eigenvalue weighted by molar-refractivity contribution is 7.11. The second kappa shape index (κ2) is 3.69. The third-order valence-corrected chi connectivity index (χ3v) is 3.39. The molecule has 6 heteroatoms. The SMILES string of the molecule is CNC(=O)c1c(N)nsc1NC1CC1C. The van der Waals surface area contributed by atoms with Gasteiger partial charge in [0.2, 0.25) is 0 Å². The summed E-state index contributed by atoms with van der Waals surface area (Å²) in [6, 6.07) is 0.466. The van der Waals surface area contributed by atoms with Crippen molar-refractivity contribution in [3.63, 3.8) is 0 Å². The zero-order valence-corrected chi connectivity index (χ0v) is 9.52. The van der Waals surface area contributed by atoms with Crippen LogP contribution in [-0.4, -0.2) is 23.4 Å². The summed E-state index contributed by atoms with van der Waals surface area (Å²) < 4.78 is 3.99. The van der Waals surface area contributed by atoms with E-state index in [0.717, 1.165) is 11.4 Å². The molecule has 1 amide bonds. The molecule has 1 aromatic heterocycles. The molecule has 1 aliphatic carbocycles. The zero-order valence-electron chi connectivity index (χ0n) is 8.70. The van der Waals surface area contributed by atoms with Crippen LogP contribution in [0, 0.1) is 5.92 Å². The smallest absolute Gasteiger partial charge is 0.257 e. The molecule has 2 atom stereocenters. The average molecular weight is 226 g/mol. The fourth-order valence-corrected chi connectivity index (χ4v) is 2.21. The van der Waals surface area contributed by atoms with Crippen LogP contribution in [0.15, 0.2) is 0 Å². The van der Waals surface area contributed by atoms with Crippen LogP contribution in [0.1, 0.15) is 23.7 Å². The Labute approximate surface area is 92.2 Å². The largest absolute Gasteiger partial charge is 0.382 e. The highest BCUT2D eigenvalue weighted by atomic mass is 32.1. The molecular formula is C9H14N4OS. The van der Waals surface area contributed by atoms with Gasteiger partial charge in [-0.05, 0) is 23.9 Å². The molecule has 2 rings (SSSR count). The Balaban J connectivity index is 2.19. The van der Waals surface area contributed by atoms with Crippen molar-refractivity contribution in [1.29, 1.82) is 0 Å². The third kappa shape index (κ3) is 1.90. The predicted octanol–water partition coefficient (Wildman–Crippen LogP) is 0.905. The van der Waals surface area contributed by atoms with Gasteiger partial charge in [0.1, 0.15) is 10.6 Å². The van der Waals surface area contributed by atoms with Crippen LogP contribution in [0.3, 0.4) is 0 Å². The molecule has 0 spiro atoms. The number of anilines is 2. The number of nitrogen functional groups attached to an aromatic ring is 1. The molecule has 4 N–H and O–H groups in total. The Morgan fingerprint density at radius 2 is 2.33 bits per heavy atom. The second-order valence-electron chi connectivity index (χ2n) is 3.81. The van der Waals surface area contributed by atoms with Crippen LogP contribution in [0.2, 0.25) is 0 Å². The number of hydrogen-bond acceptors (Lipinski definition) is 5. The van der Waals surface area contributed by atoms with Gasteiger partial charge in [-0.3, -0.25) is 4.79 Å². The number of nitrogens with one attached hydrogen (secondary N) is 2. The highest BCUT2D eigenvalue weighted by Gasteiger charge is 2.34. The number of carbonyl (C=O) groups is 1. The van der Waals surface area contributed by atoms with Gasteiger partial charge in [-0.2, -0.15) is 4.37 Å². The van der Waals surface area contributed by atoms with E-state index >= 15 is 0 Å². The van der Waals surface area contributed by atoms with Crippen LogP contribution < -0.4 is 16.4 Å². The molecule has 5 nitrogen and oxygen atoms in total. The topological polar surface area (TPSA) is 80.0 Å². The maximum atomic E-state index is 11.5. The summed E-state index contributed by atoms with van der Waals surface area (Å²) in [5.41, 5.74) is 6.12. The molecule has 1 fully saturated rings. The van der Waals surface area contributed by atoms with Gasteiger partial charge in [-0.25, -0.2) is 0 Å². The summed E-state index contributed by atoms with van der Waals surface area (Å²) in [6.45, 7) is 2.17. The minimum atomic E-state index is -0.183. The summed E-state index contributed by atoms with van der Waals surface area (Å²) in [5.74, 6) is 0.790. The normalized spacial score (nSPS) is 23.6. The fraction of sp³-hybridized carbons (Fsp3) is 0.556. The molecule has 0 bridgehead atoms. The van der Waals surface area contributed by atoms with Gasteiger partial charge in [-0.1, -0.05) is 6.92 Å². The highest BCUT2D eigenvalue weighted by Crippen LogP contribution is 2.36. The van der Waals surface area contributed by atoms with E-state index in [9.17, 15) is 4.79 Å². The van der Waals surface area contributed by atoms with E-state index in [4.69, 9.17) is 5.73 Å². The van der Waals surface area contributed by atoms with Crippen molar-refractivity contribution < 1.29 is 4.79 Å². The first-order chi connectivity index (χ1) is 7.13.